The number of hydrogen-bond donors (Lipinski definition) is 7. The van der Waals surface area contributed by atoms with E-state index in [0.717, 1.165) is 29.6 Å². The molecule has 0 amide bonds. The molecule has 8 N–H and O–H groups in total. The number of phosphoric ester groups is 1. The zero-order chi connectivity index (χ0) is 26.5. The monoisotopic (exact) mass is 573 g/mol. The predicted molar refractivity (Wildman–Crippen MR) is 114 cm³/mol. The number of rotatable bonds is 9. The molecule has 198 valence electrons. The highest BCUT2D eigenvalue weighted by molar-refractivity contribution is 7.67. The maximum atomic E-state index is 12.1. The molecule has 3 aromatic heterocycles. The molecule has 1 aliphatic heterocycles. The number of imidazole rings is 2. The van der Waals surface area contributed by atoms with Crippen LogP contribution in [0.1, 0.15) is 6.23 Å². The normalized spacial score (nSPS) is 27.5. The topological polar surface area (TPSA) is 297 Å². The SMILES string of the molecule is Nc1nc2c(ncn2[C@@H]2O[C@H](COP(=O)(O)OP(=O)(O)OP(=O)(O)n3ccnc3)C(O)[C@@H]2O)c(=O)[nH]1. The fourth-order valence-electron chi connectivity index (χ4n) is 3.14. The molecule has 0 saturated carbocycles. The molecule has 1 fully saturated rings. The number of ether oxygens (including phenoxy) is 1. The van der Waals surface area contributed by atoms with Gasteiger partial charge >= 0.3 is 23.4 Å². The van der Waals surface area contributed by atoms with E-state index in [1.807, 2.05) is 0 Å². The van der Waals surface area contributed by atoms with Crippen molar-refractivity contribution in [2.24, 2.45) is 0 Å². The van der Waals surface area contributed by atoms with Gasteiger partial charge in [-0.3, -0.25) is 18.9 Å². The summed E-state index contributed by atoms with van der Waals surface area (Å²) in [6.45, 7) is -0.983. The standard InChI is InChI=1S/C13H18N7O13P3/c14-13-17-10-7(11(23)18-13)16-5-20(10)12-9(22)8(21)6(31-12)3-30-35(26,27)33-36(28,29)32-34(24,25)19-2-1-15-4-19/h1-2,4-6,8-9,12,21-22H,3H2,(H,24,25)(H,26,27)(H,28,29)(H3,14,17,18,23)/t6-,8?,9+,12-/m1/s1. The van der Waals surface area contributed by atoms with Gasteiger partial charge in [0.1, 0.15) is 24.6 Å². The van der Waals surface area contributed by atoms with Gasteiger partial charge in [0.2, 0.25) is 5.95 Å². The van der Waals surface area contributed by atoms with Gasteiger partial charge in [-0.25, -0.2) is 28.0 Å². The van der Waals surface area contributed by atoms with Gasteiger partial charge in [0.05, 0.1) is 12.9 Å². The molecule has 0 spiro atoms. The highest BCUT2D eigenvalue weighted by Crippen LogP contribution is 2.67. The molecule has 7 atom stereocenters. The lowest BCUT2D eigenvalue weighted by molar-refractivity contribution is -0.0503. The molecule has 0 radical (unpaired) electrons. The number of phosphoric acid groups is 2. The summed E-state index contributed by atoms with van der Waals surface area (Å²) in [5.41, 5.74) is 4.57. The number of aliphatic hydroxyl groups is 2. The Morgan fingerprint density at radius 3 is 2.50 bits per heavy atom. The first-order valence-corrected chi connectivity index (χ1v) is 14.0. The molecule has 0 aromatic carbocycles. The van der Waals surface area contributed by atoms with Crippen molar-refractivity contribution in [3.05, 3.63) is 35.4 Å². The average Bonchev–Trinajstić information content (AvgIpc) is 3.47. The van der Waals surface area contributed by atoms with Crippen LogP contribution < -0.4 is 11.3 Å². The minimum absolute atomic E-state index is 0.102. The summed E-state index contributed by atoms with van der Waals surface area (Å²) in [6, 6.07) is 0. The molecule has 1 saturated heterocycles. The largest absolute Gasteiger partial charge is 0.489 e. The second kappa shape index (κ2) is 9.53. The Bertz CT molecular complexity index is 1460. The van der Waals surface area contributed by atoms with Crippen molar-refractivity contribution in [2.75, 3.05) is 12.3 Å². The Labute approximate surface area is 198 Å². The number of fused-ring (bicyclic) bond motifs is 1. The Morgan fingerprint density at radius 2 is 1.83 bits per heavy atom. The van der Waals surface area contributed by atoms with Gasteiger partial charge in [-0.1, -0.05) is 0 Å². The number of aliphatic hydroxyl groups excluding tert-OH is 2. The maximum absolute atomic E-state index is 12.1. The van der Waals surface area contributed by atoms with Crippen molar-refractivity contribution in [1.82, 2.24) is 28.8 Å². The summed E-state index contributed by atoms with van der Waals surface area (Å²) in [7, 11) is -16.2. The quantitative estimate of drug-likeness (QED) is 0.142. The fraction of sp³-hybridized carbons (Fsp3) is 0.385. The molecular formula is C13H18N7O13P3. The van der Waals surface area contributed by atoms with Crippen LogP contribution in [0.3, 0.4) is 0 Å². The second-order valence-corrected chi connectivity index (χ2v) is 12.0. The highest BCUT2D eigenvalue weighted by atomic mass is 31.3. The molecule has 1 aliphatic rings. The summed E-state index contributed by atoms with van der Waals surface area (Å²) in [5.74, 6) is -0.267. The Kier molecular flexibility index (Phi) is 7.08. The molecule has 0 aliphatic carbocycles. The van der Waals surface area contributed by atoms with E-state index in [4.69, 9.17) is 10.5 Å². The van der Waals surface area contributed by atoms with E-state index in [2.05, 4.69) is 33.1 Å². The molecular weight excluding hydrogens is 555 g/mol. The lowest BCUT2D eigenvalue weighted by Crippen LogP contribution is -2.33. The predicted octanol–water partition coefficient (Wildman–Crippen LogP) is -1.58. The van der Waals surface area contributed by atoms with Crippen molar-refractivity contribution >= 4 is 40.5 Å². The molecule has 4 heterocycles. The zero-order valence-corrected chi connectivity index (χ0v) is 20.2. The van der Waals surface area contributed by atoms with Crippen LogP contribution in [0.5, 0.6) is 0 Å². The maximum Gasteiger partial charge on any atom is 0.489 e. The van der Waals surface area contributed by atoms with Crippen molar-refractivity contribution in [1.29, 1.82) is 0 Å². The highest BCUT2D eigenvalue weighted by Gasteiger charge is 2.47. The molecule has 36 heavy (non-hydrogen) atoms. The van der Waals surface area contributed by atoms with Crippen LogP contribution in [0, 0.1) is 0 Å². The molecule has 3 aromatic rings. The summed E-state index contributed by atoms with van der Waals surface area (Å²) >= 11 is 0. The first kappa shape index (κ1) is 26.7. The second-order valence-electron chi connectivity index (χ2n) is 7.15. The zero-order valence-electron chi connectivity index (χ0n) is 17.5. The van der Waals surface area contributed by atoms with Crippen LogP contribution in [0.25, 0.3) is 11.2 Å². The van der Waals surface area contributed by atoms with Crippen molar-refractivity contribution in [3.63, 3.8) is 0 Å². The van der Waals surface area contributed by atoms with E-state index in [-0.39, 0.29) is 17.1 Å². The molecule has 23 heteroatoms. The first-order chi connectivity index (χ1) is 16.7. The average molecular weight is 573 g/mol. The van der Waals surface area contributed by atoms with Gasteiger partial charge in [-0.05, 0) is 0 Å². The molecule has 0 bridgehead atoms. The lowest BCUT2D eigenvalue weighted by atomic mass is 10.1. The number of nitrogens with two attached hydrogens (primary N) is 1. The Balaban J connectivity index is 1.43. The number of aromatic nitrogens is 6. The van der Waals surface area contributed by atoms with Crippen LogP contribution in [0.15, 0.2) is 29.8 Å². The van der Waals surface area contributed by atoms with Crippen LogP contribution in [0.4, 0.5) is 5.95 Å². The van der Waals surface area contributed by atoms with Crippen LogP contribution in [-0.2, 0) is 31.6 Å². The van der Waals surface area contributed by atoms with E-state index in [0.29, 0.717) is 4.34 Å². The third-order valence-corrected chi connectivity index (χ3v) is 9.29. The molecule has 4 unspecified atom stereocenters. The van der Waals surface area contributed by atoms with Crippen molar-refractivity contribution in [3.8, 4) is 0 Å². The van der Waals surface area contributed by atoms with Gasteiger partial charge in [0, 0.05) is 12.4 Å². The number of nitrogen functional groups attached to an aromatic ring is 1. The first-order valence-electron chi connectivity index (χ1n) is 9.47. The number of nitrogens with zero attached hydrogens (tertiary/aromatic N) is 5. The Hall–Kier alpha value is -2.31. The van der Waals surface area contributed by atoms with E-state index >= 15 is 0 Å². The number of anilines is 1. The van der Waals surface area contributed by atoms with E-state index in [9.17, 15) is 43.4 Å². The smallest absolute Gasteiger partial charge is 0.387 e. The summed E-state index contributed by atoms with van der Waals surface area (Å²) < 4.78 is 55.7. The fourth-order valence-corrected chi connectivity index (χ4v) is 6.93. The van der Waals surface area contributed by atoms with E-state index < -0.39 is 60.1 Å². The third-order valence-electron chi connectivity index (χ3n) is 4.66. The van der Waals surface area contributed by atoms with E-state index in [1.54, 1.807) is 0 Å². The number of nitrogens with one attached hydrogen (secondary N) is 1. The number of aromatic amines is 1. The lowest BCUT2D eigenvalue weighted by Gasteiger charge is -2.20. The van der Waals surface area contributed by atoms with Crippen LogP contribution >= 0.6 is 23.4 Å². The minimum atomic E-state index is -5.67. The van der Waals surface area contributed by atoms with Gasteiger partial charge < -0.3 is 35.4 Å². The van der Waals surface area contributed by atoms with Gasteiger partial charge in [-0.15, -0.1) is 0 Å². The minimum Gasteiger partial charge on any atom is -0.387 e. The van der Waals surface area contributed by atoms with Gasteiger partial charge in [-0.2, -0.15) is 13.6 Å². The summed E-state index contributed by atoms with van der Waals surface area (Å²) in [6.07, 6.45) is -2.51. The van der Waals surface area contributed by atoms with Crippen LogP contribution in [-0.4, -0.2) is 78.7 Å². The van der Waals surface area contributed by atoms with E-state index in [1.165, 1.54) is 0 Å². The number of H-pyrrole nitrogens is 1. The van der Waals surface area contributed by atoms with Crippen LogP contribution in [0.2, 0.25) is 0 Å². The number of hydrogen-bond acceptors (Lipinski definition) is 14. The molecule has 20 nitrogen and oxygen atoms in total. The third kappa shape index (κ3) is 5.50. The van der Waals surface area contributed by atoms with Gasteiger partial charge in [0.25, 0.3) is 5.56 Å². The van der Waals surface area contributed by atoms with Gasteiger partial charge in [0.15, 0.2) is 17.4 Å². The summed E-state index contributed by atoms with van der Waals surface area (Å²) in [5, 5.41) is 20.6. The summed E-state index contributed by atoms with van der Waals surface area (Å²) in [4.78, 5) is 54.4. The Morgan fingerprint density at radius 1 is 1.11 bits per heavy atom. The van der Waals surface area contributed by atoms with Crippen molar-refractivity contribution in [2.45, 2.75) is 24.5 Å². The molecule has 4 rings (SSSR count). The van der Waals surface area contributed by atoms with Crippen molar-refractivity contribution < 1.29 is 56.5 Å².